The van der Waals surface area contributed by atoms with Crippen LogP contribution in [0.25, 0.3) is 0 Å². The molecule has 0 aliphatic carbocycles. The fraction of sp³-hybridized carbons (Fsp3) is 0.438. The molecular formula is C16H22N2O. The Morgan fingerprint density at radius 3 is 2.79 bits per heavy atom. The summed E-state index contributed by atoms with van der Waals surface area (Å²) in [7, 11) is 0. The molecule has 1 aromatic rings. The van der Waals surface area contributed by atoms with E-state index in [1.54, 1.807) is 12.1 Å². The van der Waals surface area contributed by atoms with Crippen LogP contribution in [0.5, 0.6) is 0 Å². The normalized spacial score (nSPS) is 13.1. The summed E-state index contributed by atoms with van der Waals surface area (Å²) in [6, 6.07) is 7.46. The summed E-state index contributed by atoms with van der Waals surface area (Å²) in [5.74, 6) is 6.13. The van der Waals surface area contributed by atoms with E-state index in [4.69, 9.17) is 5.73 Å². The van der Waals surface area contributed by atoms with Crippen LogP contribution in [0.1, 0.15) is 43.1 Å². The molecule has 102 valence electrons. The zero-order chi connectivity index (χ0) is 14.3. The second kappa shape index (κ2) is 7.60. The maximum absolute atomic E-state index is 12.1. The van der Waals surface area contributed by atoms with Crippen molar-refractivity contribution in [1.82, 2.24) is 5.32 Å². The predicted octanol–water partition coefficient (Wildman–Crippen LogP) is 2.16. The van der Waals surface area contributed by atoms with E-state index in [1.165, 1.54) is 0 Å². The van der Waals surface area contributed by atoms with Crippen molar-refractivity contribution in [1.29, 1.82) is 0 Å². The molecule has 1 amide bonds. The number of carbonyl (C=O) groups is 1. The molecule has 1 aromatic carbocycles. The van der Waals surface area contributed by atoms with Crippen molar-refractivity contribution in [3.8, 4) is 11.8 Å². The van der Waals surface area contributed by atoms with Crippen molar-refractivity contribution in [2.75, 3.05) is 6.54 Å². The van der Waals surface area contributed by atoms with Crippen molar-refractivity contribution in [2.45, 2.75) is 33.2 Å². The van der Waals surface area contributed by atoms with Crippen molar-refractivity contribution < 1.29 is 4.79 Å². The minimum atomic E-state index is -0.0517. The van der Waals surface area contributed by atoms with Gasteiger partial charge in [-0.05, 0) is 31.0 Å². The number of amides is 1. The Labute approximate surface area is 115 Å². The smallest absolute Gasteiger partial charge is 0.251 e. The van der Waals surface area contributed by atoms with Crippen molar-refractivity contribution in [3.63, 3.8) is 0 Å². The Kier molecular flexibility index (Phi) is 6.11. The highest BCUT2D eigenvalue weighted by atomic mass is 16.1. The Hall–Kier alpha value is -1.79. The number of benzene rings is 1. The molecule has 0 radical (unpaired) electrons. The molecule has 3 N–H and O–H groups in total. The van der Waals surface area contributed by atoms with Crippen LogP contribution in [0, 0.1) is 17.8 Å². The molecule has 2 unspecified atom stereocenters. The van der Waals surface area contributed by atoms with Crippen LogP contribution < -0.4 is 11.1 Å². The monoisotopic (exact) mass is 258 g/mol. The number of hydrogen-bond acceptors (Lipinski definition) is 2. The Morgan fingerprint density at radius 1 is 1.42 bits per heavy atom. The molecular weight excluding hydrogens is 236 g/mol. The van der Waals surface area contributed by atoms with Gasteiger partial charge < -0.3 is 11.1 Å². The summed E-state index contributed by atoms with van der Waals surface area (Å²) >= 11 is 0. The van der Waals surface area contributed by atoms with Gasteiger partial charge in [-0.25, -0.2) is 0 Å². The molecule has 0 aromatic heterocycles. The first-order valence-electron chi connectivity index (χ1n) is 6.68. The molecule has 3 nitrogen and oxygen atoms in total. The van der Waals surface area contributed by atoms with E-state index in [0.717, 1.165) is 12.0 Å². The highest BCUT2D eigenvalue weighted by molar-refractivity contribution is 5.94. The molecule has 3 heteroatoms. The predicted molar refractivity (Wildman–Crippen MR) is 78.8 cm³/mol. The molecule has 0 aliphatic heterocycles. The van der Waals surface area contributed by atoms with E-state index in [-0.39, 0.29) is 11.9 Å². The number of nitrogens with two attached hydrogens (primary N) is 1. The lowest BCUT2D eigenvalue weighted by Crippen LogP contribution is -2.36. The molecule has 19 heavy (non-hydrogen) atoms. The van der Waals surface area contributed by atoms with E-state index in [0.29, 0.717) is 18.0 Å². The van der Waals surface area contributed by atoms with Gasteiger partial charge in [0.25, 0.3) is 5.91 Å². The molecule has 0 saturated carbocycles. The lowest BCUT2D eigenvalue weighted by Gasteiger charge is -2.19. The maximum atomic E-state index is 12.1. The highest BCUT2D eigenvalue weighted by Crippen LogP contribution is 2.09. The van der Waals surface area contributed by atoms with Gasteiger partial charge in [0, 0.05) is 17.2 Å². The Bertz CT molecular complexity index is 485. The SMILES string of the molecule is CCC(C)C(C)NC(=O)c1cccc(C#CCN)c1. The molecule has 0 aliphatic rings. The van der Waals surface area contributed by atoms with E-state index >= 15 is 0 Å². The topological polar surface area (TPSA) is 55.1 Å². The van der Waals surface area contributed by atoms with E-state index in [9.17, 15) is 4.79 Å². The largest absolute Gasteiger partial charge is 0.349 e. The molecule has 0 spiro atoms. The third-order valence-corrected chi connectivity index (χ3v) is 3.32. The first kappa shape index (κ1) is 15.3. The fourth-order valence-corrected chi connectivity index (χ4v) is 1.68. The van der Waals surface area contributed by atoms with Crippen molar-refractivity contribution in [2.24, 2.45) is 11.7 Å². The first-order valence-corrected chi connectivity index (χ1v) is 6.68. The van der Waals surface area contributed by atoms with Crippen LogP contribution in [-0.2, 0) is 0 Å². The van der Waals surface area contributed by atoms with Gasteiger partial charge in [-0.15, -0.1) is 0 Å². The Balaban J connectivity index is 2.77. The summed E-state index contributed by atoms with van der Waals surface area (Å²) in [5.41, 5.74) is 6.79. The zero-order valence-corrected chi connectivity index (χ0v) is 11.9. The lowest BCUT2D eigenvalue weighted by atomic mass is 10.0. The third-order valence-electron chi connectivity index (χ3n) is 3.32. The van der Waals surface area contributed by atoms with Gasteiger partial charge in [0.1, 0.15) is 0 Å². The van der Waals surface area contributed by atoms with Crippen LogP contribution in [0.15, 0.2) is 24.3 Å². The standard InChI is InChI=1S/C16H22N2O/c1-4-12(2)13(3)18-16(19)15-9-5-7-14(11-15)8-6-10-17/h5,7,9,11-13H,4,10,17H2,1-3H3,(H,18,19). The molecule has 1 rings (SSSR count). The average Bonchev–Trinajstić information content (AvgIpc) is 2.44. The van der Waals surface area contributed by atoms with E-state index < -0.39 is 0 Å². The maximum Gasteiger partial charge on any atom is 0.251 e. The molecule has 0 heterocycles. The van der Waals surface area contributed by atoms with Gasteiger partial charge >= 0.3 is 0 Å². The van der Waals surface area contributed by atoms with Crippen molar-refractivity contribution >= 4 is 5.91 Å². The summed E-state index contributed by atoms with van der Waals surface area (Å²) < 4.78 is 0. The van der Waals surface area contributed by atoms with Gasteiger partial charge in [-0.1, -0.05) is 38.2 Å². The molecule has 0 fully saturated rings. The van der Waals surface area contributed by atoms with E-state index in [2.05, 4.69) is 31.0 Å². The van der Waals surface area contributed by atoms with E-state index in [1.807, 2.05) is 19.1 Å². The van der Waals surface area contributed by atoms with Gasteiger partial charge in [-0.2, -0.15) is 0 Å². The first-order chi connectivity index (χ1) is 9.08. The summed E-state index contributed by atoms with van der Waals surface area (Å²) in [5, 5.41) is 3.02. The average molecular weight is 258 g/mol. The number of hydrogen-bond donors (Lipinski definition) is 2. The van der Waals surface area contributed by atoms with Gasteiger partial charge in [0.2, 0.25) is 0 Å². The van der Waals surface area contributed by atoms with Crippen LogP contribution in [0.2, 0.25) is 0 Å². The number of nitrogens with one attached hydrogen (secondary N) is 1. The summed E-state index contributed by atoms with van der Waals surface area (Å²) in [4.78, 5) is 12.1. The molecule has 0 saturated heterocycles. The minimum Gasteiger partial charge on any atom is -0.349 e. The van der Waals surface area contributed by atoms with Crippen molar-refractivity contribution in [3.05, 3.63) is 35.4 Å². The quantitative estimate of drug-likeness (QED) is 0.813. The second-order valence-electron chi connectivity index (χ2n) is 4.73. The molecule has 2 atom stereocenters. The fourth-order valence-electron chi connectivity index (χ4n) is 1.68. The molecule has 0 bridgehead atoms. The van der Waals surface area contributed by atoms with Gasteiger partial charge in [0.15, 0.2) is 0 Å². The second-order valence-corrected chi connectivity index (χ2v) is 4.73. The number of rotatable bonds is 4. The zero-order valence-electron chi connectivity index (χ0n) is 11.9. The van der Waals surface area contributed by atoms with Crippen LogP contribution in [0.3, 0.4) is 0 Å². The van der Waals surface area contributed by atoms with Gasteiger partial charge in [0.05, 0.1) is 6.54 Å². The Morgan fingerprint density at radius 2 is 2.16 bits per heavy atom. The van der Waals surface area contributed by atoms with Crippen LogP contribution >= 0.6 is 0 Å². The van der Waals surface area contributed by atoms with Gasteiger partial charge in [-0.3, -0.25) is 4.79 Å². The summed E-state index contributed by atoms with van der Waals surface area (Å²) in [6.07, 6.45) is 1.05. The van der Waals surface area contributed by atoms with Crippen LogP contribution in [0.4, 0.5) is 0 Å². The third kappa shape index (κ3) is 4.76. The van der Waals surface area contributed by atoms with Crippen LogP contribution in [-0.4, -0.2) is 18.5 Å². The lowest BCUT2D eigenvalue weighted by molar-refractivity contribution is 0.0928. The highest BCUT2D eigenvalue weighted by Gasteiger charge is 2.14. The summed E-state index contributed by atoms with van der Waals surface area (Å²) in [6.45, 7) is 6.61. The number of carbonyl (C=O) groups excluding carboxylic acids is 1. The minimum absolute atomic E-state index is 0.0517.